The zero-order valence-corrected chi connectivity index (χ0v) is 12.6. The molecule has 0 unspecified atom stereocenters. The first-order valence-corrected chi connectivity index (χ1v) is 7.08. The third-order valence-electron chi connectivity index (χ3n) is 3.86. The number of hydrogen-bond donors (Lipinski definition) is 1. The molecule has 0 aromatic heterocycles. The largest absolute Gasteiger partial charge is 0.353 e. The third-order valence-corrected chi connectivity index (χ3v) is 3.86. The van der Waals surface area contributed by atoms with E-state index in [0.29, 0.717) is 18.7 Å². The Labute approximate surface area is 127 Å². The maximum Gasteiger partial charge on any atom is 0.239 e. The van der Waals surface area contributed by atoms with Crippen molar-refractivity contribution in [1.29, 1.82) is 0 Å². The molecule has 0 bridgehead atoms. The summed E-state index contributed by atoms with van der Waals surface area (Å²) in [5, 5.41) is 2.66. The van der Waals surface area contributed by atoms with Gasteiger partial charge in [0.15, 0.2) is 11.6 Å². The van der Waals surface area contributed by atoms with Crippen LogP contribution in [0.5, 0.6) is 0 Å². The van der Waals surface area contributed by atoms with Crippen LogP contribution in [0.25, 0.3) is 0 Å². The molecule has 1 aliphatic rings. The number of halogens is 2. The molecule has 120 valence electrons. The Morgan fingerprint density at radius 1 is 1.41 bits per heavy atom. The lowest BCUT2D eigenvalue weighted by molar-refractivity contribution is -0.139. The van der Waals surface area contributed by atoms with Crippen molar-refractivity contribution in [2.24, 2.45) is 0 Å². The van der Waals surface area contributed by atoms with E-state index in [0.717, 1.165) is 12.1 Å². The molecule has 1 heterocycles. The molecule has 2 amide bonds. The van der Waals surface area contributed by atoms with Crippen molar-refractivity contribution < 1.29 is 18.4 Å². The lowest BCUT2D eigenvalue weighted by Gasteiger charge is -2.30. The van der Waals surface area contributed by atoms with Crippen LogP contribution in [-0.4, -0.2) is 54.8 Å². The fraction of sp³-hybridized carbons (Fsp3) is 0.467. The Morgan fingerprint density at radius 3 is 2.77 bits per heavy atom. The number of benzene rings is 1. The van der Waals surface area contributed by atoms with Gasteiger partial charge in [-0.25, -0.2) is 8.78 Å². The Kier molecular flexibility index (Phi) is 5.07. The fourth-order valence-electron chi connectivity index (χ4n) is 2.33. The molecule has 2 rings (SSSR count). The van der Waals surface area contributed by atoms with E-state index in [9.17, 15) is 18.4 Å². The summed E-state index contributed by atoms with van der Waals surface area (Å²) >= 11 is 0. The summed E-state index contributed by atoms with van der Waals surface area (Å²) in [4.78, 5) is 26.7. The van der Waals surface area contributed by atoms with Gasteiger partial charge < -0.3 is 10.2 Å². The molecule has 1 aliphatic heterocycles. The van der Waals surface area contributed by atoms with Crippen molar-refractivity contribution in [1.82, 2.24) is 15.1 Å². The molecule has 1 fully saturated rings. The van der Waals surface area contributed by atoms with Gasteiger partial charge in [-0.15, -0.1) is 0 Å². The van der Waals surface area contributed by atoms with E-state index >= 15 is 0 Å². The summed E-state index contributed by atoms with van der Waals surface area (Å²) < 4.78 is 26.3. The van der Waals surface area contributed by atoms with Crippen molar-refractivity contribution in [2.45, 2.75) is 13.0 Å². The van der Waals surface area contributed by atoms with Crippen LogP contribution in [0, 0.1) is 11.6 Å². The molecular weight excluding hydrogens is 292 g/mol. The average Bonchev–Trinajstić information content (AvgIpc) is 2.49. The molecular formula is C15H19F2N3O2. The Hall–Kier alpha value is -2.02. The highest BCUT2D eigenvalue weighted by Gasteiger charge is 2.23. The zero-order valence-electron chi connectivity index (χ0n) is 12.6. The van der Waals surface area contributed by atoms with Gasteiger partial charge in [-0.2, -0.15) is 0 Å². The van der Waals surface area contributed by atoms with E-state index in [1.165, 1.54) is 11.0 Å². The maximum atomic E-state index is 13.3. The molecule has 0 saturated carbocycles. The van der Waals surface area contributed by atoms with Crippen molar-refractivity contribution in [3.63, 3.8) is 0 Å². The van der Waals surface area contributed by atoms with Gasteiger partial charge in [0.2, 0.25) is 11.8 Å². The number of hydrogen-bond acceptors (Lipinski definition) is 3. The van der Waals surface area contributed by atoms with Gasteiger partial charge in [-0.05, 0) is 31.7 Å². The van der Waals surface area contributed by atoms with Crippen LogP contribution in [0.2, 0.25) is 0 Å². The number of rotatable bonds is 4. The minimum atomic E-state index is -0.906. The molecule has 7 heteroatoms. The smallest absolute Gasteiger partial charge is 0.239 e. The molecule has 0 spiro atoms. The highest BCUT2D eigenvalue weighted by atomic mass is 19.2. The summed E-state index contributed by atoms with van der Waals surface area (Å²) in [6, 6.07) is 3.46. The van der Waals surface area contributed by atoms with E-state index in [4.69, 9.17) is 0 Å². The molecule has 0 radical (unpaired) electrons. The number of likely N-dealkylation sites (N-methyl/N-ethyl adjacent to an activating group) is 1. The van der Waals surface area contributed by atoms with Crippen LogP contribution in [0.3, 0.4) is 0 Å². The monoisotopic (exact) mass is 311 g/mol. The summed E-state index contributed by atoms with van der Waals surface area (Å²) in [6.45, 7) is 2.91. The Morgan fingerprint density at radius 2 is 2.14 bits per heavy atom. The first-order valence-electron chi connectivity index (χ1n) is 7.08. The van der Waals surface area contributed by atoms with Crippen LogP contribution in [0.15, 0.2) is 18.2 Å². The summed E-state index contributed by atoms with van der Waals surface area (Å²) in [7, 11) is 1.73. The van der Waals surface area contributed by atoms with E-state index in [1.807, 2.05) is 6.92 Å². The standard InChI is InChI=1S/C15H19F2N3O2/c1-10(11-3-4-12(16)13(17)7-11)19(2)9-15(22)20-6-5-18-14(21)8-20/h3-4,7,10H,5-6,8-9H2,1-2H3,(H,18,21)/t10-/m0/s1. The van der Waals surface area contributed by atoms with Crippen molar-refractivity contribution >= 4 is 11.8 Å². The predicted octanol–water partition coefficient (Wildman–Crippen LogP) is 0.916. The van der Waals surface area contributed by atoms with Crippen molar-refractivity contribution in [3.05, 3.63) is 35.4 Å². The topological polar surface area (TPSA) is 52.7 Å². The SMILES string of the molecule is C[C@@H](c1ccc(F)c(F)c1)N(C)CC(=O)N1CCNC(=O)C1. The Bertz CT molecular complexity index is 580. The number of piperazine rings is 1. The highest BCUT2D eigenvalue weighted by Crippen LogP contribution is 2.20. The van der Waals surface area contributed by atoms with Crippen molar-refractivity contribution in [2.75, 3.05) is 33.2 Å². The number of nitrogens with zero attached hydrogens (tertiary/aromatic N) is 2. The summed E-state index contributed by atoms with van der Waals surface area (Å²) in [5.74, 6) is -2.13. The number of carbonyl (C=O) groups excluding carboxylic acids is 2. The minimum absolute atomic E-state index is 0.0617. The van der Waals surface area contributed by atoms with Crippen LogP contribution in [0.4, 0.5) is 8.78 Å². The second-order valence-corrected chi connectivity index (χ2v) is 5.43. The molecule has 0 aliphatic carbocycles. The van der Waals surface area contributed by atoms with Gasteiger partial charge in [-0.1, -0.05) is 6.07 Å². The van der Waals surface area contributed by atoms with Crippen LogP contribution in [-0.2, 0) is 9.59 Å². The van der Waals surface area contributed by atoms with Gasteiger partial charge in [0.05, 0.1) is 13.1 Å². The third kappa shape index (κ3) is 3.79. The minimum Gasteiger partial charge on any atom is -0.353 e. The van der Waals surface area contributed by atoms with Crippen molar-refractivity contribution in [3.8, 4) is 0 Å². The number of nitrogens with one attached hydrogen (secondary N) is 1. The number of amides is 2. The molecule has 5 nitrogen and oxygen atoms in total. The van der Waals surface area contributed by atoms with Gasteiger partial charge in [0.1, 0.15) is 0 Å². The first kappa shape index (κ1) is 16.4. The van der Waals surface area contributed by atoms with Gasteiger partial charge in [0, 0.05) is 19.1 Å². The van der Waals surface area contributed by atoms with E-state index < -0.39 is 11.6 Å². The maximum absolute atomic E-state index is 13.3. The molecule has 1 aromatic carbocycles. The van der Waals surface area contributed by atoms with Gasteiger partial charge in [-0.3, -0.25) is 14.5 Å². The van der Waals surface area contributed by atoms with Gasteiger partial charge >= 0.3 is 0 Å². The first-order chi connectivity index (χ1) is 10.4. The van der Waals surface area contributed by atoms with E-state index in [-0.39, 0.29) is 30.9 Å². The molecule has 22 heavy (non-hydrogen) atoms. The molecule has 1 saturated heterocycles. The lowest BCUT2D eigenvalue weighted by Crippen LogP contribution is -2.52. The summed E-state index contributed by atoms with van der Waals surface area (Å²) in [5.41, 5.74) is 0.589. The zero-order chi connectivity index (χ0) is 16.3. The number of carbonyl (C=O) groups is 2. The van der Waals surface area contributed by atoms with E-state index in [2.05, 4.69) is 5.32 Å². The highest BCUT2D eigenvalue weighted by molar-refractivity contribution is 5.86. The lowest BCUT2D eigenvalue weighted by atomic mass is 10.1. The van der Waals surface area contributed by atoms with E-state index in [1.54, 1.807) is 11.9 Å². The fourth-order valence-corrected chi connectivity index (χ4v) is 2.33. The van der Waals surface area contributed by atoms with Gasteiger partial charge in [0.25, 0.3) is 0 Å². The normalized spacial score (nSPS) is 16.6. The quantitative estimate of drug-likeness (QED) is 0.899. The summed E-state index contributed by atoms with van der Waals surface area (Å²) in [6.07, 6.45) is 0. The second kappa shape index (κ2) is 6.83. The molecule has 1 atom stereocenters. The Balaban J connectivity index is 1.98. The predicted molar refractivity (Wildman–Crippen MR) is 77.0 cm³/mol. The van der Waals surface area contributed by atoms with Crippen LogP contribution >= 0.6 is 0 Å². The van der Waals surface area contributed by atoms with Crippen LogP contribution in [0.1, 0.15) is 18.5 Å². The van der Waals surface area contributed by atoms with Crippen LogP contribution < -0.4 is 5.32 Å². The average molecular weight is 311 g/mol. The molecule has 1 aromatic rings. The molecule has 1 N–H and O–H groups in total. The second-order valence-electron chi connectivity index (χ2n) is 5.43.